The highest BCUT2D eigenvalue weighted by Gasteiger charge is 2.49. The summed E-state index contributed by atoms with van der Waals surface area (Å²) in [6.07, 6.45) is 3.07. The van der Waals surface area contributed by atoms with Crippen LogP contribution in [-0.4, -0.2) is 56.5 Å². The summed E-state index contributed by atoms with van der Waals surface area (Å²) in [7, 11) is 0. The van der Waals surface area contributed by atoms with Gasteiger partial charge in [0.25, 0.3) is 0 Å². The highest BCUT2D eigenvalue weighted by atomic mass is 19.1. The highest BCUT2D eigenvalue weighted by Crippen LogP contribution is 2.40. The smallest absolute Gasteiger partial charge is 0.168 e. The standard InChI is InChI=1S/C18H18F2N6O/c19-11-8-12(20)17(26-7-6-21-13(9-26)18(27)3-4-18)23-15(11)14-10-2-1-5-22-16(10)25-24-14/h1-2,5,8,13,21,27H,3-4,6-7,9H2,(H,22,24,25)/t13-/m0/s1. The van der Waals surface area contributed by atoms with E-state index in [1.165, 1.54) is 0 Å². The zero-order chi connectivity index (χ0) is 18.6. The second kappa shape index (κ2) is 5.93. The van der Waals surface area contributed by atoms with Gasteiger partial charge in [-0.25, -0.2) is 18.7 Å². The number of aromatic amines is 1. The Labute approximate surface area is 153 Å². The van der Waals surface area contributed by atoms with Crippen LogP contribution in [0.25, 0.3) is 22.4 Å². The summed E-state index contributed by atoms with van der Waals surface area (Å²) in [5.74, 6) is -1.43. The van der Waals surface area contributed by atoms with Crippen LogP contribution in [-0.2, 0) is 0 Å². The summed E-state index contributed by atoms with van der Waals surface area (Å²) in [6, 6.07) is 4.17. The lowest BCUT2D eigenvalue weighted by Gasteiger charge is -2.37. The third-order valence-corrected chi connectivity index (χ3v) is 5.36. The lowest BCUT2D eigenvalue weighted by Crippen LogP contribution is -2.57. The molecular formula is C18H18F2N6O. The van der Waals surface area contributed by atoms with E-state index in [9.17, 15) is 13.9 Å². The Morgan fingerprint density at radius 2 is 2.07 bits per heavy atom. The molecule has 5 rings (SSSR count). The van der Waals surface area contributed by atoms with Gasteiger partial charge < -0.3 is 15.3 Å². The maximum atomic E-state index is 14.5. The first kappa shape index (κ1) is 16.5. The van der Waals surface area contributed by atoms with E-state index < -0.39 is 17.2 Å². The topological polar surface area (TPSA) is 90.0 Å². The molecule has 0 aromatic carbocycles. The number of halogens is 2. The average molecular weight is 372 g/mol. The average Bonchev–Trinajstić information content (AvgIpc) is 3.29. The van der Waals surface area contributed by atoms with Gasteiger partial charge in [0.1, 0.15) is 11.4 Å². The predicted molar refractivity (Wildman–Crippen MR) is 95.2 cm³/mol. The summed E-state index contributed by atoms with van der Waals surface area (Å²) in [6.45, 7) is 1.52. The van der Waals surface area contributed by atoms with E-state index in [0.717, 1.165) is 18.9 Å². The summed E-state index contributed by atoms with van der Waals surface area (Å²) < 4.78 is 29.1. The molecule has 0 amide bonds. The Bertz CT molecular complexity index is 1020. The van der Waals surface area contributed by atoms with Crippen LogP contribution in [0.5, 0.6) is 0 Å². The van der Waals surface area contributed by atoms with Crippen LogP contribution in [0.3, 0.4) is 0 Å². The van der Waals surface area contributed by atoms with E-state index >= 15 is 0 Å². The van der Waals surface area contributed by atoms with Gasteiger partial charge in [-0.15, -0.1) is 0 Å². The number of anilines is 1. The van der Waals surface area contributed by atoms with Crippen molar-refractivity contribution in [2.45, 2.75) is 24.5 Å². The summed E-state index contributed by atoms with van der Waals surface area (Å²) >= 11 is 0. The van der Waals surface area contributed by atoms with Crippen LogP contribution in [0.1, 0.15) is 12.8 Å². The molecule has 0 unspecified atom stereocenters. The normalized spacial score (nSPS) is 21.6. The highest BCUT2D eigenvalue weighted by molar-refractivity contribution is 5.89. The van der Waals surface area contributed by atoms with E-state index in [0.29, 0.717) is 36.4 Å². The molecule has 4 heterocycles. The van der Waals surface area contributed by atoms with Gasteiger partial charge in [0.15, 0.2) is 23.1 Å². The third kappa shape index (κ3) is 2.74. The second-order valence-corrected chi connectivity index (χ2v) is 7.15. The number of aromatic nitrogens is 4. The monoisotopic (exact) mass is 372 g/mol. The summed E-state index contributed by atoms with van der Waals surface area (Å²) in [5.41, 5.74) is 0.0511. The van der Waals surface area contributed by atoms with Gasteiger partial charge in [-0.3, -0.25) is 5.10 Å². The maximum Gasteiger partial charge on any atom is 0.168 e. The number of hydrogen-bond donors (Lipinski definition) is 3. The van der Waals surface area contributed by atoms with Crippen molar-refractivity contribution in [2.75, 3.05) is 24.5 Å². The third-order valence-electron chi connectivity index (χ3n) is 5.36. The Morgan fingerprint density at radius 1 is 1.22 bits per heavy atom. The van der Waals surface area contributed by atoms with Crippen molar-refractivity contribution in [3.8, 4) is 11.4 Å². The van der Waals surface area contributed by atoms with Crippen molar-refractivity contribution >= 4 is 16.9 Å². The number of nitrogens with one attached hydrogen (secondary N) is 2. The molecule has 2 aliphatic rings. The van der Waals surface area contributed by atoms with Crippen molar-refractivity contribution in [1.29, 1.82) is 0 Å². The zero-order valence-corrected chi connectivity index (χ0v) is 14.4. The number of pyridine rings is 2. The predicted octanol–water partition coefficient (Wildman–Crippen LogP) is 1.60. The molecule has 0 spiro atoms. The van der Waals surface area contributed by atoms with Crippen LogP contribution in [0.4, 0.5) is 14.6 Å². The summed E-state index contributed by atoms with van der Waals surface area (Å²) in [5, 5.41) is 21.1. The van der Waals surface area contributed by atoms with Gasteiger partial charge >= 0.3 is 0 Å². The van der Waals surface area contributed by atoms with Gasteiger partial charge in [-0.2, -0.15) is 5.10 Å². The zero-order valence-electron chi connectivity index (χ0n) is 14.4. The van der Waals surface area contributed by atoms with Gasteiger partial charge in [-0.05, 0) is 25.0 Å². The Hall–Kier alpha value is -2.65. The largest absolute Gasteiger partial charge is 0.388 e. The molecule has 1 saturated carbocycles. The molecule has 1 aliphatic carbocycles. The minimum Gasteiger partial charge on any atom is -0.388 e. The van der Waals surface area contributed by atoms with Gasteiger partial charge in [0.2, 0.25) is 0 Å². The van der Waals surface area contributed by atoms with Crippen LogP contribution in [0, 0.1) is 11.6 Å². The Morgan fingerprint density at radius 3 is 2.89 bits per heavy atom. The minimum absolute atomic E-state index is 0.0223. The van der Waals surface area contributed by atoms with E-state index in [2.05, 4.69) is 25.5 Å². The Balaban J connectivity index is 1.55. The van der Waals surface area contributed by atoms with Crippen molar-refractivity contribution in [1.82, 2.24) is 25.5 Å². The molecule has 7 nitrogen and oxygen atoms in total. The molecule has 3 aromatic heterocycles. The molecule has 140 valence electrons. The molecule has 0 bridgehead atoms. The fraction of sp³-hybridized carbons (Fsp3) is 0.389. The number of fused-ring (bicyclic) bond motifs is 1. The molecule has 3 N–H and O–H groups in total. The van der Waals surface area contributed by atoms with E-state index in [1.807, 2.05) is 0 Å². The first-order valence-corrected chi connectivity index (χ1v) is 8.91. The number of piperazine rings is 1. The van der Waals surface area contributed by atoms with E-state index in [1.54, 1.807) is 23.2 Å². The van der Waals surface area contributed by atoms with Gasteiger partial charge in [0, 0.05) is 37.3 Å². The van der Waals surface area contributed by atoms with Crippen LogP contribution >= 0.6 is 0 Å². The van der Waals surface area contributed by atoms with Crippen molar-refractivity contribution in [2.24, 2.45) is 0 Å². The molecule has 9 heteroatoms. The van der Waals surface area contributed by atoms with E-state index in [4.69, 9.17) is 0 Å². The molecular weight excluding hydrogens is 354 g/mol. The second-order valence-electron chi connectivity index (χ2n) is 7.15. The molecule has 0 radical (unpaired) electrons. The molecule has 3 aromatic rings. The van der Waals surface area contributed by atoms with Crippen molar-refractivity contribution < 1.29 is 13.9 Å². The Kier molecular flexibility index (Phi) is 3.63. The minimum atomic E-state index is -0.777. The van der Waals surface area contributed by atoms with Gasteiger partial charge in [-0.1, -0.05) is 0 Å². The van der Waals surface area contributed by atoms with Crippen molar-refractivity contribution in [3.63, 3.8) is 0 Å². The first-order valence-electron chi connectivity index (χ1n) is 8.91. The summed E-state index contributed by atoms with van der Waals surface area (Å²) in [4.78, 5) is 10.2. The van der Waals surface area contributed by atoms with Crippen molar-refractivity contribution in [3.05, 3.63) is 36.0 Å². The van der Waals surface area contributed by atoms with Gasteiger partial charge in [0.05, 0.1) is 11.6 Å². The SMILES string of the molecule is OC1([C@@H]2CN(c3nc(-c4n[nH]c5ncccc45)c(F)cc3F)CCN2)CC1. The van der Waals surface area contributed by atoms with Crippen LogP contribution < -0.4 is 10.2 Å². The lowest BCUT2D eigenvalue weighted by molar-refractivity contribution is 0.0994. The number of nitrogens with zero attached hydrogens (tertiary/aromatic N) is 4. The number of H-pyrrole nitrogens is 1. The molecule has 1 saturated heterocycles. The van der Waals surface area contributed by atoms with Crippen LogP contribution in [0.15, 0.2) is 24.4 Å². The first-order chi connectivity index (χ1) is 13.0. The number of aliphatic hydroxyl groups is 1. The maximum absolute atomic E-state index is 14.5. The number of rotatable bonds is 3. The molecule has 2 fully saturated rings. The van der Waals surface area contributed by atoms with Crippen LogP contribution in [0.2, 0.25) is 0 Å². The molecule has 1 aliphatic heterocycles. The van der Waals surface area contributed by atoms with E-state index in [-0.39, 0.29) is 17.6 Å². The molecule has 27 heavy (non-hydrogen) atoms. The fourth-order valence-corrected chi connectivity index (χ4v) is 3.66. The molecule has 1 atom stereocenters. The number of hydrogen-bond acceptors (Lipinski definition) is 6. The quantitative estimate of drug-likeness (QED) is 0.647. The lowest BCUT2D eigenvalue weighted by atomic mass is 10.1. The fourth-order valence-electron chi connectivity index (χ4n) is 3.66.